The first-order valence-electron chi connectivity index (χ1n) is 10.8. The second kappa shape index (κ2) is 7.58. The van der Waals surface area contributed by atoms with E-state index in [1.54, 1.807) is 16.2 Å². The van der Waals surface area contributed by atoms with Gasteiger partial charge < -0.3 is 9.80 Å². The van der Waals surface area contributed by atoms with Gasteiger partial charge >= 0.3 is 0 Å². The van der Waals surface area contributed by atoms with Crippen molar-refractivity contribution in [3.05, 3.63) is 46.5 Å². The van der Waals surface area contributed by atoms with E-state index in [2.05, 4.69) is 36.1 Å². The number of aromatic nitrogens is 2. The first-order valence-corrected chi connectivity index (χ1v) is 11.6. The molecule has 5 nitrogen and oxygen atoms in total. The number of quaternary nitrogens is 1. The monoisotopic (exact) mass is 409 g/mol. The highest BCUT2D eigenvalue weighted by molar-refractivity contribution is 7.20. The molecule has 0 atom stereocenters. The van der Waals surface area contributed by atoms with Crippen LogP contribution in [0.1, 0.15) is 46.6 Å². The molecule has 1 aromatic carbocycles. The number of thiophene rings is 1. The predicted octanol–water partition coefficient (Wildman–Crippen LogP) is 2.99. The van der Waals surface area contributed by atoms with E-state index in [-0.39, 0.29) is 5.91 Å². The Balaban J connectivity index is 1.37. The van der Waals surface area contributed by atoms with E-state index in [0.717, 1.165) is 58.7 Å². The van der Waals surface area contributed by atoms with Crippen molar-refractivity contribution in [3.63, 3.8) is 0 Å². The summed E-state index contributed by atoms with van der Waals surface area (Å²) < 4.78 is 1.99. The second-order valence-corrected chi connectivity index (χ2v) is 9.63. The summed E-state index contributed by atoms with van der Waals surface area (Å²) in [5.41, 5.74) is 3.24. The maximum Gasteiger partial charge on any atom is 0.264 e. The molecule has 29 heavy (non-hydrogen) atoms. The molecule has 1 aliphatic heterocycles. The Kier molecular flexibility index (Phi) is 4.92. The largest absolute Gasteiger partial charge is 0.330 e. The number of amides is 1. The van der Waals surface area contributed by atoms with Gasteiger partial charge in [-0.1, -0.05) is 12.1 Å². The molecule has 152 valence electrons. The van der Waals surface area contributed by atoms with E-state index in [0.29, 0.717) is 0 Å². The number of aryl methyl sites for hydroxylation is 2. The molecule has 0 radical (unpaired) electrons. The van der Waals surface area contributed by atoms with Crippen molar-refractivity contribution in [2.45, 2.75) is 45.6 Å². The fraction of sp³-hybridized carbons (Fsp3) is 0.478. The molecule has 2 aliphatic rings. The number of nitrogens with one attached hydrogen (secondary N) is 1. The lowest BCUT2D eigenvalue weighted by Gasteiger charge is -2.35. The summed E-state index contributed by atoms with van der Waals surface area (Å²) in [5.74, 6) is 0.187. The van der Waals surface area contributed by atoms with Crippen molar-refractivity contribution < 1.29 is 9.69 Å². The van der Waals surface area contributed by atoms with Crippen LogP contribution in [0.3, 0.4) is 0 Å². The average Bonchev–Trinajstić information content (AvgIpc) is 3.46. The zero-order valence-corrected chi connectivity index (χ0v) is 18.1. The van der Waals surface area contributed by atoms with Crippen LogP contribution in [0.5, 0.6) is 0 Å². The highest BCUT2D eigenvalue weighted by Crippen LogP contribution is 2.31. The third kappa shape index (κ3) is 3.49. The summed E-state index contributed by atoms with van der Waals surface area (Å²) in [7, 11) is 0. The third-order valence-corrected chi connectivity index (χ3v) is 7.73. The summed E-state index contributed by atoms with van der Waals surface area (Å²) in [6.07, 6.45) is 5.51. The summed E-state index contributed by atoms with van der Waals surface area (Å²) in [5, 5.41) is 5.82. The molecule has 0 spiro atoms. The molecule has 1 amide bonds. The molecular formula is C23H29N4OS+. The van der Waals surface area contributed by atoms with E-state index in [1.807, 2.05) is 17.7 Å². The Morgan fingerprint density at radius 1 is 1.14 bits per heavy atom. The highest BCUT2D eigenvalue weighted by Gasteiger charge is 2.32. The minimum absolute atomic E-state index is 0.187. The van der Waals surface area contributed by atoms with E-state index in [4.69, 9.17) is 5.10 Å². The zero-order chi connectivity index (χ0) is 20.0. The van der Waals surface area contributed by atoms with E-state index < -0.39 is 0 Å². The molecule has 2 fully saturated rings. The van der Waals surface area contributed by atoms with Crippen molar-refractivity contribution in [2.75, 3.05) is 26.2 Å². The molecule has 2 aromatic heterocycles. The SMILES string of the molecule is Cc1cccc(-n2nc(C)c3cc(C(=O)N4CC[NH+](C5CCCC5)CC4)sc32)c1. The second-order valence-electron chi connectivity index (χ2n) is 8.60. The van der Waals surface area contributed by atoms with Crippen LogP contribution in [0.2, 0.25) is 0 Å². The van der Waals surface area contributed by atoms with Gasteiger partial charge in [0.2, 0.25) is 0 Å². The van der Waals surface area contributed by atoms with Gasteiger partial charge in [0.1, 0.15) is 4.83 Å². The van der Waals surface area contributed by atoms with Crippen LogP contribution in [-0.4, -0.2) is 52.8 Å². The summed E-state index contributed by atoms with van der Waals surface area (Å²) in [6.45, 7) is 8.06. The number of benzene rings is 1. The molecule has 1 saturated heterocycles. The minimum Gasteiger partial charge on any atom is -0.330 e. The lowest BCUT2D eigenvalue weighted by atomic mass is 10.2. The number of piperazine rings is 1. The lowest BCUT2D eigenvalue weighted by molar-refractivity contribution is -0.928. The maximum atomic E-state index is 13.2. The maximum absolute atomic E-state index is 13.2. The zero-order valence-electron chi connectivity index (χ0n) is 17.3. The van der Waals surface area contributed by atoms with Crippen molar-refractivity contribution in [2.24, 2.45) is 0 Å². The molecule has 0 bridgehead atoms. The minimum atomic E-state index is 0.187. The van der Waals surface area contributed by atoms with E-state index in [1.165, 1.54) is 31.2 Å². The summed E-state index contributed by atoms with van der Waals surface area (Å²) in [4.78, 5) is 18.9. The van der Waals surface area contributed by atoms with E-state index >= 15 is 0 Å². The summed E-state index contributed by atoms with van der Waals surface area (Å²) >= 11 is 1.58. The van der Waals surface area contributed by atoms with Crippen molar-refractivity contribution in [3.8, 4) is 5.69 Å². The molecular weight excluding hydrogens is 380 g/mol. The quantitative estimate of drug-likeness (QED) is 0.723. The van der Waals surface area contributed by atoms with Gasteiger partial charge in [-0.3, -0.25) is 4.79 Å². The Labute approximate surface area is 175 Å². The molecule has 1 N–H and O–H groups in total. The number of fused-ring (bicyclic) bond motifs is 1. The van der Waals surface area contributed by atoms with Gasteiger partial charge in [0.25, 0.3) is 5.91 Å². The van der Waals surface area contributed by atoms with E-state index in [9.17, 15) is 4.79 Å². The third-order valence-electron chi connectivity index (χ3n) is 6.63. The van der Waals surface area contributed by atoms with Crippen LogP contribution in [0.4, 0.5) is 0 Å². The number of carbonyl (C=O) groups is 1. The number of nitrogens with zero attached hydrogens (tertiary/aromatic N) is 3. The predicted molar refractivity (Wildman–Crippen MR) is 117 cm³/mol. The molecule has 0 unspecified atom stereocenters. The van der Waals surface area contributed by atoms with Gasteiger partial charge in [-0.25, -0.2) is 4.68 Å². The Bertz CT molecular complexity index is 1040. The first-order chi connectivity index (χ1) is 14.1. The topological polar surface area (TPSA) is 42.6 Å². The smallest absolute Gasteiger partial charge is 0.264 e. The Morgan fingerprint density at radius 3 is 2.62 bits per heavy atom. The lowest BCUT2D eigenvalue weighted by Crippen LogP contribution is -3.18. The van der Waals surface area contributed by atoms with Crippen molar-refractivity contribution >= 4 is 27.5 Å². The van der Waals surface area contributed by atoms with Crippen LogP contribution < -0.4 is 4.90 Å². The molecule has 1 saturated carbocycles. The van der Waals surface area contributed by atoms with Crippen LogP contribution in [0.25, 0.3) is 15.9 Å². The van der Waals surface area contributed by atoms with Gasteiger partial charge in [0, 0.05) is 5.39 Å². The fourth-order valence-electron chi connectivity index (χ4n) is 4.98. The van der Waals surface area contributed by atoms with Crippen molar-refractivity contribution in [1.29, 1.82) is 0 Å². The highest BCUT2D eigenvalue weighted by atomic mass is 32.1. The number of hydrogen-bond acceptors (Lipinski definition) is 3. The standard InChI is InChI=1S/C23H28N4OS/c1-16-6-5-9-19(14-16)27-23-20(17(2)24-27)15-21(29-23)22(28)26-12-10-25(11-13-26)18-7-3-4-8-18/h5-6,9,14-15,18H,3-4,7-8,10-13H2,1-2H3/p+1. The van der Waals surface area contributed by atoms with Gasteiger partial charge in [0.15, 0.2) is 0 Å². The normalized spacial score (nSPS) is 18.8. The van der Waals surface area contributed by atoms with Crippen LogP contribution in [0, 0.1) is 13.8 Å². The molecule has 3 heterocycles. The number of rotatable bonds is 3. The van der Waals surface area contributed by atoms with Gasteiger partial charge in [-0.15, -0.1) is 11.3 Å². The Hall–Kier alpha value is -2.18. The molecule has 1 aliphatic carbocycles. The molecule has 5 rings (SSSR count). The van der Waals surface area contributed by atoms with Gasteiger partial charge in [0.05, 0.1) is 48.5 Å². The fourth-order valence-corrected chi connectivity index (χ4v) is 6.13. The van der Waals surface area contributed by atoms with Crippen LogP contribution >= 0.6 is 11.3 Å². The number of hydrogen-bond donors (Lipinski definition) is 1. The Morgan fingerprint density at radius 2 is 1.90 bits per heavy atom. The molecule has 3 aromatic rings. The van der Waals surface area contributed by atoms with Gasteiger partial charge in [-0.05, 0) is 63.3 Å². The van der Waals surface area contributed by atoms with Crippen molar-refractivity contribution in [1.82, 2.24) is 14.7 Å². The van der Waals surface area contributed by atoms with Crippen LogP contribution in [-0.2, 0) is 0 Å². The van der Waals surface area contributed by atoms with Crippen LogP contribution in [0.15, 0.2) is 30.3 Å². The van der Waals surface area contributed by atoms with Gasteiger partial charge in [-0.2, -0.15) is 5.10 Å². The first kappa shape index (κ1) is 18.8. The summed E-state index contributed by atoms with van der Waals surface area (Å²) in [6, 6.07) is 11.2. The number of carbonyl (C=O) groups excluding carboxylic acids is 1. The average molecular weight is 410 g/mol. The molecule has 6 heteroatoms.